The third-order valence-corrected chi connectivity index (χ3v) is 4.13. The minimum Gasteiger partial charge on any atom is -0.493 e. The third-order valence-electron chi connectivity index (χ3n) is 4.13. The predicted molar refractivity (Wildman–Crippen MR) is 88.2 cm³/mol. The van der Waals surface area contributed by atoms with Crippen LogP contribution < -0.4 is 9.47 Å². The first-order valence-electron chi connectivity index (χ1n) is 7.89. The van der Waals surface area contributed by atoms with Gasteiger partial charge < -0.3 is 19.5 Å². The van der Waals surface area contributed by atoms with Crippen LogP contribution in [-0.4, -0.2) is 73.4 Å². The van der Waals surface area contributed by atoms with Gasteiger partial charge in [-0.2, -0.15) is 0 Å². The molecule has 1 aromatic rings. The molecular weight excluding hydrogens is 296 g/mol. The SMILES string of the molecule is COc1ccc(C(=O)N2CCN(C[C@@H](C)O)C[C@H]2C)cc1OC. The second-order valence-electron chi connectivity index (χ2n) is 6.03. The number of methoxy groups -OCH3 is 2. The number of carbonyl (C=O) groups is 1. The van der Waals surface area contributed by atoms with Gasteiger partial charge in [-0.1, -0.05) is 0 Å². The molecule has 6 nitrogen and oxygen atoms in total. The quantitative estimate of drug-likeness (QED) is 0.883. The standard InChI is InChI=1S/C17H26N2O4/c1-12-10-18(11-13(2)20)7-8-19(12)17(21)14-5-6-15(22-3)16(9-14)23-4/h5-6,9,12-13,20H,7-8,10-11H2,1-4H3/t12-,13-/m1/s1. The van der Waals surface area contributed by atoms with Gasteiger partial charge >= 0.3 is 0 Å². The minimum atomic E-state index is -0.352. The Balaban J connectivity index is 2.09. The number of rotatable bonds is 5. The number of hydrogen-bond donors (Lipinski definition) is 1. The van der Waals surface area contributed by atoms with Crippen molar-refractivity contribution >= 4 is 5.91 Å². The molecule has 2 atom stereocenters. The molecule has 1 heterocycles. The van der Waals surface area contributed by atoms with E-state index in [-0.39, 0.29) is 18.1 Å². The van der Waals surface area contributed by atoms with E-state index in [1.165, 1.54) is 0 Å². The van der Waals surface area contributed by atoms with E-state index < -0.39 is 0 Å². The molecule has 0 bridgehead atoms. The highest BCUT2D eigenvalue weighted by molar-refractivity contribution is 5.95. The molecule has 6 heteroatoms. The van der Waals surface area contributed by atoms with E-state index in [1.807, 2.05) is 11.8 Å². The normalized spacial score (nSPS) is 20.2. The topological polar surface area (TPSA) is 62.2 Å². The Labute approximate surface area is 137 Å². The Morgan fingerprint density at radius 1 is 1.30 bits per heavy atom. The predicted octanol–water partition coefficient (Wildman–Crippen LogP) is 1.23. The molecule has 23 heavy (non-hydrogen) atoms. The molecule has 0 unspecified atom stereocenters. The van der Waals surface area contributed by atoms with Gasteiger partial charge in [0.2, 0.25) is 0 Å². The fourth-order valence-corrected chi connectivity index (χ4v) is 3.01. The van der Waals surface area contributed by atoms with Crippen LogP contribution in [0.25, 0.3) is 0 Å². The molecule has 128 valence electrons. The highest BCUT2D eigenvalue weighted by Crippen LogP contribution is 2.28. The molecule has 1 saturated heterocycles. The van der Waals surface area contributed by atoms with E-state index in [4.69, 9.17) is 9.47 Å². The molecule has 0 saturated carbocycles. The number of amides is 1. The number of benzene rings is 1. The number of aliphatic hydroxyl groups is 1. The number of hydrogen-bond acceptors (Lipinski definition) is 5. The van der Waals surface area contributed by atoms with Crippen molar-refractivity contribution in [3.8, 4) is 11.5 Å². The molecule has 0 radical (unpaired) electrons. The van der Waals surface area contributed by atoms with E-state index in [1.54, 1.807) is 39.3 Å². The molecule has 1 amide bonds. The first-order chi connectivity index (χ1) is 11.0. The van der Waals surface area contributed by atoms with Crippen LogP contribution in [0.15, 0.2) is 18.2 Å². The first-order valence-corrected chi connectivity index (χ1v) is 7.89. The van der Waals surface area contributed by atoms with Crippen molar-refractivity contribution in [2.24, 2.45) is 0 Å². The Morgan fingerprint density at radius 3 is 2.57 bits per heavy atom. The summed E-state index contributed by atoms with van der Waals surface area (Å²) in [7, 11) is 3.13. The summed E-state index contributed by atoms with van der Waals surface area (Å²) in [6, 6.07) is 5.33. The van der Waals surface area contributed by atoms with Crippen LogP contribution in [0.4, 0.5) is 0 Å². The third kappa shape index (κ3) is 4.14. The second-order valence-corrected chi connectivity index (χ2v) is 6.03. The van der Waals surface area contributed by atoms with Gasteiger partial charge in [-0.3, -0.25) is 9.69 Å². The second kappa shape index (κ2) is 7.66. The van der Waals surface area contributed by atoms with Crippen LogP contribution in [0.2, 0.25) is 0 Å². The lowest BCUT2D eigenvalue weighted by molar-refractivity contribution is 0.0382. The highest BCUT2D eigenvalue weighted by Gasteiger charge is 2.28. The van der Waals surface area contributed by atoms with Gasteiger partial charge in [0.05, 0.1) is 20.3 Å². The molecule has 0 aromatic heterocycles. The van der Waals surface area contributed by atoms with Crippen LogP contribution >= 0.6 is 0 Å². The van der Waals surface area contributed by atoms with E-state index >= 15 is 0 Å². The molecule has 0 spiro atoms. The molecule has 1 fully saturated rings. The van der Waals surface area contributed by atoms with Gasteiger partial charge in [-0.25, -0.2) is 0 Å². The van der Waals surface area contributed by atoms with Crippen molar-refractivity contribution < 1.29 is 19.4 Å². The Kier molecular flexibility index (Phi) is 5.85. The van der Waals surface area contributed by atoms with Crippen molar-refractivity contribution in [2.45, 2.75) is 26.0 Å². The summed E-state index contributed by atoms with van der Waals surface area (Å²) in [5, 5.41) is 9.50. The van der Waals surface area contributed by atoms with Crippen molar-refractivity contribution in [1.29, 1.82) is 0 Å². The molecule has 1 N–H and O–H groups in total. The average molecular weight is 322 g/mol. The van der Waals surface area contributed by atoms with Crippen LogP contribution in [0.1, 0.15) is 24.2 Å². The molecule has 2 rings (SSSR count). The lowest BCUT2D eigenvalue weighted by Gasteiger charge is -2.40. The summed E-state index contributed by atoms with van der Waals surface area (Å²) >= 11 is 0. The van der Waals surface area contributed by atoms with Gasteiger partial charge in [-0.15, -0.1) is 0 Å². The monoisotopic (exact) mass is 322 g/mol. The lowest BCUT2D eigenvalue weighted by atomic mass is 10.1. The summed E-state index contributed by atoms with van der Waals surface area (Å²) in [5.41, 5.74) is 0.596. The number of β-amino-alcohol motifs (C(OH)–C–C–N with tert-alkyl or cyclic N) is 1. The maximum Gasteiger partial charge on any atom is 0.254 e. The van der Waals surface area contributed by atoms with Crippen molar-refractivity contribution in [3.63, 3.8) is 0 Å². The van der Waals surface area contributed by atoms with Crippen LogP contribution in [0.5, 0.6) is 11.5 Å². The van der Waals surface area contributed by atoms with Crippen LogP contribution in [0.3, 0.4) is 0 Å². The summed E-state index contributed by atoms with van der Waals surface area (Å²) in [4.78, 5) is 16.8. The zero-order valence-corrected chi connectivity index (χ0v) is 14.3. The van der Waals surface area contributed by atoms with E-state index in [2.05, 4.69) is 4.90 Å². The fourth-order valence-electron chi connectivity index (χ4n) is 3.01. The van der Waals surface area contributed by atoms with Gasteiger partial charge in [-0.05, 0) is 32.0 Å². The maximum absolute atomic E-state index is 12.8. The lowest BCUT2D eigenvalue weighted by Crippen LogP contribution is -2.55. The number of piperazine rings is 1. The minimum absolute atomic E-state index is 0.00449. The van der Waals surface area contributed by atoms with Crippen LogP contribution in [0, 0.1) is 0 Å². The smallest absolute Gasteiger partial charge is 0.254 e. The Bertz CT molecular complexity index is 547. The summed E-state index contributed by atoms with van der Waals surface area (Å²) in [5.74, 6) is 1.16. The zero-order chi connectivity index (χ0) is 17.0. The molecular formula is C17H26N2O4. The van der Waals surface area contributed by atoms with Crippen molar-refractivity contribution in [2.75, 3.05) is 40.4 Å². The van der Waals surface area contributed by atoms with Gasteiger partial charge in [0.15, 0.2) is 11.5 Å². The molecule has 1 aromatic carbocycles. The number of nitrogens with zero attached hydrogens (tertiary/aromatic N) is 2. The summed E-state index contributed by atoms with van der Waals surface area (Å²) in [6.07, 6.45) is -0.352. The maximum atomic E-state index is 12.8. The molecule has 1 aliphatic rings. The van der Waals surface area contributed by atoms with Gasteiger partial charge in [0, 0.05) is 37.8 Å². The molecule has 0 aliphatic carbocycles. The van der Waals surface area contributed by atoms with Gasteiger partial charge in [0.1, 0.15) is 0 Å². The fraction of sp³-hybridized carbons (Fsp3) is 0.588. The van der Waals surface area contributed by atoms with Crippen molar-refractivity contribution in [3.05, 3.63) is 23.8 Å². The van der Waals surface area contributed by atoms with E-state index in [0.29, 0.717) is 30.2 Å². The molecule has 1 aliphatic heterocycles. The van der Waals surface area contributed by atoms with Crippen LogP contribution in [-0.2, 0) is 0 Å². The highest BCUT2D eigenvalue weighted by atomic mass is 16.5. The zero-order valence-electron chi connectivity index (χ0n) is 14.3. The van der Waals surface area contributed by atoms with E-state index in [0.717, 1.165) is 13.1 Å². The van der Waals surface area contributed by atoms with Gasteiger partial charge in [0.25, 0.3) is 5.91 Å². The summed E-state index contributed by atoms with van der Waals surface area (Å²) < 4.78 is 10.5. The largest absolute Gasteiger partial charge is 0.493 e. The Hall–Kier alpha value is -1.79. The van der Waals surface area contributed by atoms with E-state index in [9.17, 15) is 9.90 Å². The number of aliphatic hydroxyl groups excluding tert-OH is 1. The number of ether oxygens (including phenoxy) is 2. The number of carbonyl (C=O) groups excluding carboxylic acids is 1. The first kappa shape index (κ1) is 17.6. The van der Waals surface area contributed by atoms with Crippen molar-refractivity contribution in [1.82, 2.24) is 9.80 Å². The summed E-state index contributed by atoms with van der Waals surface area (Å²) in [6.45, 7) is 6.65. The Morgan fingerprint density at radius 2 is 2.00 bits per heavy atom. The average Bonchev–Trinajstić information content (AvgIpc) is 2.53.